The molecule has 1 atom stereocenters. The lowest BCUT2D eigenvalue weighted by molar-refractivity contribution is -0.140. The van der Waals surface area contributed by atoms with Gasteiger partial charge in [-0.3, -0.25) is 14.6 Å². The zero-order valence-electron chi connectivity index (χ0n) is 20.8. The molecular weight excluding hydrogens is 468 g/mol. The number of pyridine rings is 1. The molecule has 190 valence electrons. The van der Waals surface area contributed by atoms with E-state index in [1.54, 1.807) is 79.1 Å². The van der Waals surface area contributed by atoms with Crippen LogP contribution in [-0.4, -0.2) is 39.9 Å². The predicted molar refractivity (Wildman–Crippen MR) is 141 cm³/mol. The normalized spacial score (nSPS) is 16.6. The van der Waals surface area contributed by atoms with Crippen molar-refractivity contribution in [3.8, 4) is 11.5 Å². The molecule has 37 heavy (non-hydrogen) atoms. The maximum atomic E-state index is 13.3. The molecule has 1 amide bonds. The van der Waals surface area contributed by atoms with Crippen molar-refractivity contribution in [3.63, 3.8) is 0 Å². The smallest absolute Gasteiger partial charge is 0.295 e. The van der Waals surface area contributed by atoms with Crippen LogP contribution in [0.2, 0.25) is 0 Å². The summed E-state index contributed by atoms with van der Waals surface area (Å²) < 4.78 is 11.4. The van der Waals surface area contributed by atoms with E-state index in [0.29, 0.717) is 35.8 Å². The predicted octanol–water partition coefficient (Wildman–Crippen LogP) is 5.45. The largest absolute Gasteiger partial charge is 0.507 e. The van der Waals surface area contributed by atoms with E-state index < -0.39 is 17.7 Å². The number of carbonyl (C=O) groups excluding carboxylic acids is 2. The second-order valence-electron chi connectivity index (χ2n) is 8.68. The van der Waals surface area contributed by atoms with Crippen LogP contribution in [0.4, 0.5) is 0 Å². The van der Waals surface area contributed by atoms with Gasteiger partial charge in [0, 0.05) is 24.5 Å². The summed E-state index contributed by atoms with van der Waals surface area (Å²) in [6.45, 7) is 6.83. The minimum Gasteiger partial charge on any atom is -0.507 e. The summed E-state index contributed by atoms with van der Waals surface area (Å²) in [5, 5.41) is 11.4. The summed E-state index contributed by atoms with van der Waals surface area (Å²) in [4.78, 5) is 32.1. The minimum absolute atomic E-state index is 0.0320. The van der Waals surface area contributed by atoms with Crippen LogP contribution >= 0.6 is 0 Å². The zero-order chi connectivity index (χ0) is 26.2. The fourth-order valence-electron chi connectivity index (χ4n) is 4.20. The van der Waals surface area contributed by atoms with Crippen LogP contribution in [0.5, 0.6) is 11.5 Å². The quantitative estimate of drug-likeness (QED) is 0.124. The summed E-state index contributed by atoms with van der Waals surface area (Å²) in [6, 6.07) is 16.9. The summed E-state index contributed by atoms with van der Waals surface area (Å²) in [7, 11) is 0. The summed E-state index contributed by atoms with van der Waals surface area (Å²) in [5.41, 5.74) is 1.94. The van der Waals surface area contributed by atoms with Crippen molar-refractivity contribution in [1.82, 2.24) is 9.88 Å². The highest BCUT2D eigenvalue weighted by Gasteiger charge is 2.46. The Balaban J connectivity index is 1.76. The van der Waals surface area contributed by atoms with E-state index in [4.69, 9.17) is 9.47 Å². The SMILES string of the molecule is C=CCOc1ccc(C2/C(=C(\O)c3cccc(OCCCC)c3)C(=O)C(=O)N2Cc2ccncc2)cc1. The third kappa shape index (κ3) is 5.89. The molecule has 0 aliphatic carbocycles. The van der Waals surface area contributed by atoms with Gasteiger partial charge in [-0.1, -0.05) is 50.3 Å². The molecule has 1 unspecified atom stereocenters. The number of aliphatic hydroxyl groups is 1. The number of benzene rings is 2. The Hall–Kier alpha value is -4.39. The van der Waals surface area contributed by atoms with E-state index in [-0.39, 0.29) is 17.9 Å². The summed E-state index contributed by atoms with van der Waals surface area (Å²) in [5.74, 6) is -0.435. The van der Waals surface area contributed by atoms with E-state index in [1.807, 2.05) is 0 Å². The zero-order valence-corrected chi connectivity index (χ0v) is 20.8. The van der Waals surface area contributed by atoms with Crippen molar-refractivity contribution in [1.29, 1.82) is 0 Å². The average molecular weight is 499 g/mol. The first-order valence-corrected chi connectivity index (χ1v) is 12.3. The van der Waals surface area contributed by atoms with E-state index in [9.17, 15) is 14.7 Å². The molecule has 0 radical (unpaired) electrons. The summed E-state index contributed by atoms with van der Waals surface area (Å²) >= 11 is 0. The average Bonchev–Trinajstić information content (AvgIpc) is 3.17. The number of Topliss-reactive ketones (excluding diaryl/α,β-unsaturated/α-hetero) is 1. The number of likely N-dealkylation sites (tertiary alicyclic amines) is 1. The number of aliphatic hydroxyl groups excluding tert-OH is 1. The highest BCUT2D eigenvalue weighted by atomic mass is 16.5. The van der Waals surface area contributed by atoms with Gasteiger partial charge in [-0.05, 0) is 53.9 Å². The van der Waals surface area contributed by atoms with E-state index in [1.165, 1.54) is 4.90 Å². The van der Waals surface area contributed by atoms with Gasteiger partial charge < -0.3 is 19.5 Å². The van der Waals surface area contributed by atoms with Gasteiger partial charge in [0.05, 0.1) is 18.2 Å². The number of hydrogen-bond donors (Lipinski definition) is 1. The van der Waals surface area contributed by atoms with Crippen molar-refractivity contribution >= 4 is 17.4 Å². The van der Waals surface area contributed by atoms with Crippen LogP contribution in [-0.2, 0) is 16.1 Å². The van der Waals surface area contributed by atoms with Gasteiger partial charge in [0.2, 0.25) is 0 Å². The number of ketones is 1. The second-order valence-corrected chi connectivity index (χ2v) is 8.68. The monoisotopic (exact) mass is 498 g/mol. The third-order valence-electron chi connectivity index (χ3n) is 6.08. The first kappa shape index (κ1) is 25.7. The molecule has 2 heterocycles. The van der Waals surface area contributed by atoms with Crippen LogP contribution in [0.15, 0.2) is 91.3 Å². The number of ether oxygens (including phenoxy) is 2. The van der Waals surface area contributed by atoms with Crippen LogP contribution in [0.25, 0.3) is 5.76 Å². The third-order valence-corrected chi connectivity index (χ3v) is 6.08. The Morgan fingerprint density at radius 2 is 1.81 bits per heavy atom. The van der Waals surface area contributed by atoms with Crippen molar-refractivity contribution in [3.05, 3.63) is 108 Å². The van der Waals surface area contributed by atoms with E-state index in [2.05, 4.69) is 18.5 Å². The number of amides is 1. The van der Waals surface area contributed by atoms with Crippen molar-refractivity contribution in [2.75, 3.05) is 13.2 Å². The molecule has 1 saturated heterocycles. The van der Waals surface area contributed by atoms with Gasteiger partial charge >= 0.3 is 0 Å². The maximum Gasteiger partial charge on any atom is 0.295 e. The minimum atomic E-state index is -0.786. The molecule has 7 heteroatoms. The van der Waals surface area contributed by atoms with Gasteiger partial charge in [0.1, 0.15) is 23.9 Å². The molecule has 2 aromatic carbocycles. The molecule has 3 aromatic rings. The van der Waals surface area contributed by atoms with Gasteiger partial charge in [-0.15, -0.1) is 0 Å². The Labute approximate surface area is 216 Å². The highest BCUT2D eigenvalue weighted by molar-refractivity contribution is 6.46. The topological polar surface area (TPSA) is 89.0 Å². The maximum absolute atomic E-state index is 13.3. The molecule has 1 aromatic heterocycles. The van der Waals surface area contributed by atoms with Crippen LogP contribution in [0.1, 0.15) is 42.5 Å². The van der Waals surface area contributed by atoms with Gasteiger partial charge in [0.15, 0.2) is 0 Å². The van der Waals surface area contributed by atoms with Crippen LogP contribution < -0.4 is 9.47 Å². The molecule has 1 N–H and O–H groups in total. The Bertz CT molecular complexity index is 1280. The second kappa shape index (κ2) is 12.0. The van der Waals surface area contributed by atoms with E-state index in [0.717, 1.165) is 18.4 Å². The highest BCUT2D eigenvalue weighted by Crippen LogP contribution is 2.41. The Morgan fingerprint density at radius 1 is 1.05 bits per heavy atom. The molecule has 1 aliphatic heterocycles. The number of aromatic nitrogens is 1. The van der Waals surface area contributed by atoms with Crippen LogP contribution in [0.3, 0.4) is 0 Å². The molecule has 0 bridgehead atoms. The van der Waals surface area contributed by atoms with Gasteiger partial charge in [-0.25, -0.2) is 0 Å². The molecule has 1 fully saturated rings. The fourth-order valence-corrected chi connectivity index (χ4v) is 4.20. The standard InChI is InChI=1S/C30H30N2O5/c1-3-5-18-37-25-8-6-7-23(19-25)28(33)26-27(22-9-11-24(12-10-22)36-17-4-2)32(30(35)29(26)34)20-21-13-15-31-16-14-21/h4,6-16,19,27,33H,2-3,5,17-18,20H2,1H3/b28-26+. The fraction of sp³-hybridized carbons (Fsp3) is 0.233. The lowest BCUT2D eigenvalue weighted by Crippen LogP contribution is -2.29. The first-order valence-electron chi connectivity index (χ1n) is 12.3. The summed E-state index contributed by atoms with van der Waals surface area (Å²) in [6.07, 6.45) is 6.83. The first-order chi connectivity index (χ1) is 18.0. The molecule has 0 saturated carbocycles. The van der Waals surface area contributed by atoms with Crippen molar-refractivity contribution in [2.24, 2.45) is 0 Å². The van der Waals surface area contributed by atoms with Crippen molar-refractivity contribution < 1.29 is 24.2 Å². The number of rotatable bonds is 11. The van der Waals surface area contributed by atoms with Gasteiger partial charge in [0.25, 0.3) is 11.7 Å². The number of nitrogens with zero attached hydrogens (tertiary/aromatic N) is 2. The Kier molecular flexibility index (Phi) is 8.36. The lowest BCUT2D eigenvalue weighted by atomic mass is 9.95. The molecule has 7 nitrogen and oxygen atoms in total. The molecular formula is C30H30N2O5. The molecule has 0 spiro atoms. The molecule has 1 aliphatic rings. The lowest BCUT2D eigenvalue weighted by Gasteiger charge is -2.25. The number of unbranched alkanes of at least 4 members (excludes halogenated alkanes) is 1. The number of carbonyl (C=O) groups is 2. The Morgan fingerprint density at radius 3 is 2.51 bits per heavy atom. The number of hydrogen-bond acceptors (Lipinski definition) is 6. The van der Waals surface area contributed by atoms with Crippen molar-refractivity contribution in [2.45, 2.75) is 32.4 Å². The molecule has 4 rings (SSSR count). The van der Waals surface area contributed by atoms with Gasteiger partial charge in [-0.2, -0.15) is 0 Å². The van der Waals surface area contributed by atoms with E-state index >= 15 is 0 Å². The van der Waals surface area contributed by atoms with Crippen LogP contribution in [0, 0.1) is 0 Å².